The number of nitrogens with zero attached hydrogens (tertiary/aromatic N) is 1. The summed E-state index contributed by atoms with van der Waals surface area (Å²) in [5, 5.41) is 21.8. The van der Waals surface area contributed by atoms with Crippen LogP contribution in [0, 0.1) is 0 Å². The summed E-state index contributed by atoms with van der Waals surface area (Å²) in [6.45, 7) is 2.44. The van der Waals surface area contributed by atoms with Crippen LogP contribution in [0.1, 0.15) is 18.4 Å². The Labute approximate surface area is 136 Å². The first-order valence-electron chi connectivity index (χ1n) is 8.18. The molecular formula is C17H24N2O4. The number of phenols is 1. The number of aliphatic hydroxyl groups is 1. The number of hydrogen-bond acceptors (Lipinski definition) is 5. The molecule has 1 aromatic rings. The summed E-state index contributed by atoms with van der Waals surface area (Å²) in [6, 6.07) is 7.39. The van der Waals surface area contributed by atoms with Crippen molar-refractivity contribution in [3.8, 4) is 5.75 Å². The Morgan fingerprint density at radius 3 is 2.96 bits per heavy atom. The molecule has 3 atom stereocenters. The molecule has 2 aliphatic rings. The van der Waals surface area contributed by atoms with E-state index < -0.39 is 0 Å². The number of aromatic hydroxyl groups is 1. The largest absolute Gasteiger partial charge is 0.508 e. The van der Waals surface area contributed by atoms with E-state index in [2.05, 4.69) is 10.2 Å². The highest BCUT2D eigenvalue weighted by Gasteiger charge is 2.37. The van der Waals surface area contributed by atoms with E-state index in [4.69, 9.17) is 9.84 Å². The smallest absolute Gasteiger partial charge is 0.224 e. The van der Waals surface area contributed by atoms with Gasteiger partial charge in [-0.15, -0.1) is 0 Å². The van der Waals surface area contributed by atoms with Gasteiger partial charge in [0.1, 0.15) is 5.75 Å². The second-order valence-corrected chi connectivity index (χ2v) is 6.38. The first-order valence-corrected chi connectivity index (χ1v) is 8.18. The normalized spacial score (nSPS) is 27.6. The third-order valence-electron chi connectivity index (χ3n) is 4.65. The second kappa shape index (κ2) is 7.29. The van der Waals surface area contributed by atoms with Crippen LogP contribution >= 0.6 is 0 Å². The molecule has 6 nitrogen and oxygen atoms in total. The topological polar surface area (TPSA) is 82.0 Å². The van der Waals surface area contributed by atoms with E-state index in [0.717, 1.165) is 19.5 Å². The summed E-state index contributed by atoms with van der Waals surface area (Å²) in [7, 11) is 0. The molecule has 2 heterocycles. The Morgan fingerprint density at radius 2 is 2.17 bits per heavy atom. The number of carbonyl (C=O) groups excluding carboxylic acids is 1. The van der Waals surface area contributed by atoms with E-state index in [0.29, 0.717) is 24.6 Å². The maximum Gasteiger partial charge on any atom is 0.224 e. The van der Waals surface area contributed by atoms with Gasteiger partial charge in [-0.05, 0) is 18.9 Å². The lowest BCUT2D eigenvalue weighted by Crippen LogP contribution is -2.46. The molecular weight excluding hydrogens is 296 g/mol. The van der Waals surface area contributed by atoms with Gasteiger partial charge in [-0.25, -0.2) is 0 Å². The predicted octanol–water partition coefficient (Wildman–Crippen LogP) is 0.275. The fourth-order valence-electron chi connectivity index (χ4n) is 3.48. The van der Waals surface area contributed by atoms with Crippen molar-refractivity contribution in [2.45, 2.75) is 37.5 Å². The second-order valence-electron chi connectivity index (χ2n) is 6.38. The Kier molecular flexibility index (Phi) is 5.15. The number of amides is 1. The number of para-hydroxylation sites is 1. The first kappa shape index (κ1) is 16.2. The summed E-state index contributed by atoms with van der Waals surface area (Å²) in [5.41, 5.74) is 0.645. The van der Waals surface area contributed by atoms with Crippen LogP contribution in [-0.4, -0.2) is 65.5 Å². The lowest BCUT2D eigenvalue weighted by atomic mass is 10.1. The summed E-state index contributed by atoms with van der Waals surface area (Å²) >= 11 is 0. The summed E-state index contributed by atoms with van der Waals surface area (Å²) < 4.78 is 5.75. The molecule has 0 radical (unpaired) electrons. The number of benzene rings is 1. The summed E-state index contributed by atoms with van der Waals surface area (Å²) in [4.78, 5) is 14.5. The van der Waals surface area contributed by atoms with E-state index in [1.165, 1.54) is 0 Å². The zero-order valence-corrected chi connectivity index (χ0v) is 13.1. The van der Waals surface area contributed by atoms with Gasteiger partial charge in [-0.2, -0.15) is 0 Å². The molecule has 0 aromatic heterocycles. The maximum absolute atomic E-state index is 12.2. The zero-order valence-electron chi connectivity index (χ0n) is 13.1. The van der Waals surface area contributed by atoms with Crippen LogP contribution in [0.15, 0.2) is 24.3 Å². The molecule has 6 heteroatoms. The number of morpholine rings is 1. The molecule has 2 fully saturated rings. The van der Waals surface area contributed by atoms with Gasteiger partial charge in [0.25, 0.3) is 0 Å². The number of rotatable bonds is 5. The molecule has 0 saturated carbocycles. The van der Waals surface area contributed by atoms with Crippen LogP contribution in [0.5, 0.6) is 5.75 Å². The quantitative estimate of drug-likeness (QED) is 0.726. The van der Waals surface area contributed by atoms with Gasteiger partial charge < -0.3 is 20.3 Å². The molecule has 0 unspecified atom stereocenters. The average molecular weight is 320 g/mol. The van der Waals surface area contributed by atoms with Gasteiger partial charge in [0.2, 0.25) is 5.91 Å². The molecule has 3 rings (SSSR count). The van der Waals surface area contributed by atoms with Crippen molar-refractivity contribution in [3.63, 3.8) is 0 Å². The van der Waals surface area contributed by atoms with Crippen LogP contribution in [0.2, 0.25) is 0 Å². The highest BCUT2D eigenvalue weighted by Crippen LogP contribution is 2.24. The molecule has 1 amide bonds. The lowest BCUT2D eigenvalue weighted by molar-refractivity contribution is -0.121. The van der Waals surface area contributed by atoms with Crippen LogP contribution < -0.4 is 5.32 Å². The number of nitrogens with one attached hydrogen (secondary N) is 1. The minimum Gasteiger partial charge on any atom is -0.508 e. The first-order chi connectivity index (χ1) is 11.2. The Morgan fingerprint density at radius 1 is 1.35 bits per heavy atom. The van der Waals surface area contributed by atoms with Crippen molar-refractivity contribution in [2.24, 2.45) is 0 Å². The number of fused-ring (bicyclic) bond motifs is 1. The summed E-state index contributed by atoms with van der Waals surface area (Å²) in [5.74, 6) is 0.0934. The van der Waals surface area contributed by atoms with Gasteiger partial charge in [0, 0.05) is 37.3 Å². The Balaban J connectivity index is 1.50. The molecule has 126 valence electrons. The molecule has 1 aromatic carbocycles. The van der Waals surface area contributed by atoms with Crippen molar-refractivity contribution in [2.75, 3.05) is 26.3 Å². The SMILES string of the molecule is O=C(Cc1ccccc1O)N[C@H]1C[C@H]2CO[C@@H](CCO)CN2C1. The van der Waals surface area contributed by atoms with Crippen LogP contribution in [0.25, 0.3) is 0 Å². The van der Waals surface area contributed by atoms with Crippen molar-refractivity contribution < 1.29 is 19.7 Å². The van der Waals surface area contributed by atoms with Crippen LogP contribution in [-0.2, 0) is 16.0 Å². The molecule has 23 heavy (non-hydrogen) atoms. The van der Waals surface area contributed by atoms with E-state index >= 15 is 0 Å². The molecule has 0 spiro atoms. The fraction of sp³-hybridized carbons (Fsp3) is 0.588. The van der Waals surface area contributed by atoms with Gasteiger partial charge in [0.05, 0.1) is 19.1 Å². The third kappa shape index (κ3) is 4.02. The van der Waals surface area contributed by atoms with Gasteiger partial charge >= 0.3 is 0 Å². The minimum absolute atomic E-state index is 0.0656. The molecule has 0 bridgehead atoms. The van der Waals surface area contributed by atoms with Gasteiger partial charge in [0.15, 0.2) is 0 Å². The average Bonchev–Trinajstić information content (AvgIpc) is 2.91. The lowest BCUT2D eigenvalue weighted by Gasteiger charge is -2.34. The van der Waals surface area contributed by atoms with Gasteiger partial charge in [-0.1, -0.05) is 18.2 Å². The Bertz CT molecular complexity index is 551. The van der Waals surface area contributed by atoms with Crippen molar-refractivity contribution in [3.05, 3.63) is 29.8 Å². The van der Waals surface area contributed by atoms with Crippen molar-refractivity contribution in [1.29, 1.82) is 0 Å². The Hall–Kier alpha value is -1.63. The fourth-order valence-corrected chi connectivity index (χ4v) is 3.48. The zero-order chi connectivity index (χ0) is 16.2. The number of ether oxygens (including phenoxy) is 1. The molecule has 0 aliphatic carbocycles. The standard InChI is InChI=1S/C17H24N2O4/c20-6-5-15-10-19-9-13(8-14(19)11-23-15)18-17(22)7-12-3-1-2-4-16(12)21/h1-4,13-15,20-21H,5-11H2,(H,18,22)/t13-,14-,15-/m0/s1. The van der Waals surface area contributed by atoms with Gasteiger partial charge in [-0.3, -0.25) is 9.69 Å². The van der Waals surface area contributed by atoms with Crippen LogP contribution in [0.4, 0.5) is 0 Å². The monoisotopic (exact) mass is 320 g/mol. The van der Waals surface area contributed by atoms with Crippen molar-refractivity contribution >= 4 is 5.91 Å². The van der Waals surface area contributed by atoms with E-state index in [9.17, 15) is 9.90 Å². The number of phenolic OH excluding ortho intramolecular Hbond substituents is 1. The number of aliphatic hydroxyl groups excluding tert-OH is 1. The number of carbonyl (C=O) groups is 1. The molecule has 3 N–H and O–H groups in total. The predicted molar refractivity (Wildman–Crippen MR) is 85.2 cm³/mol. The van der Waals surface area contributed by atoms with Crippen LogP contribution in [0.3, 0.4) is 0 Å². The van der Waals surface area contributed by atoms with E-state index in [-0.39, 0.29) is 36.8 Å². The number of hydrogen-bond donors (Lipinski definition) is 3. The highest BCUT2D eigenvalue weighted by molar-refractivity contribution is 5.79. The van der Waals surface area contributed by atoms with E-state index in [1.807, 2.05) is 6.07 Å². The third-order valence-corrected chi connectivity index (χ3v) is 4.65. The minimum atomic E-state index is -0.0656. The van der Waals surface area contributed by atoms with Crippen molar-refractivity contribution in [1.82, 2.24) is 10.2 Å². The molecule has 2 aliphatic heterocycles. The molecule has 2 saturated heterocycles. The summed E-state index contributed by atoms with van der Waals surface area (Å²) in [6.07, 6.45) is 1.83. The highest BCUT2D eigenvalue weighted by atomic mass is 16.5. The maximum atomic E-state index is 12.2. The van der Waals surface area contributed by atoms with E-state index in [1.54, 1.807) is 18.2 Å².